The predicted octanol–water partition coefficient (Wildman–Crippen LogP) is 2.30. The molecule has 0 saturated heterocycles. The van der Waals surface area contributed by atoms with E-state index in [1.54, 1.807) is 0 Å². The second-order valence-electron chi connectivity index (χ2n) is 3.05. The van der Waals surface area contributed by atoms with Crippen LogP contribution in [0.5, 0.6) is 11.5 Å². The van der Waals surface area contributed by atoms with Crippen LogP contribution in [0.25, 0.3) is 0 Å². The first kappa shape index (κ1) is 12.6. The minimum absolute atomic E-state index is 0.0656. The van der Waals surface area contributed by atoms with Crippen molar-refractivity contribution in [2.75, 3.05) is 14.2 Å². The number of aliphatic hydroxyl groups excluding tert-OH is 1. The highest BCUT2D eigenvalue weighted by Crippen LogP contribution is 2.38. The third-order valence-electron chi connectivity index (χ3n) is 2.05. The molecule has 6 heteroatoms. The highest BCUT2D eigenvalue weighted by atomic mass is 19.4. The molecule has 1 atom stereocenters. The fourth-order valence-electron chi connectivity index (χ4n) is 1.22. The van der Waals surface area contributed by atoms with E-state index < -0.39 is 12.3 Å². The Morgan fingerprint density at radius 2 is 1.81 bits per heavy atom. The van der Waals surface area contributed by atoms with Crippen LogP contribution >= 0.6 is 0 Å². The maximum absolute atomic E-state index is 12.3. The number of hydrogen-bond donors (Lipinski definition) is 1. The molecule has 1 aromatic carbocycles. The molecule has 0 amide bonds. The Morgan fingerprint density at radius 3 is 2.25 bits per heavy atom. The van der Waals surface area contributed by atoms with Crippen molar-refractivity contribution in [3.05, 3.63) is 23.8 Å². The molecule has 3 nitrogen and oxygen atoms in total. The largest absolute Gasteiger partial charge is 0.497 e. The van der Waals surface area contributed by atoms with Crippen LogP contribution in [0.1, 0.15) is 11.7 Å². The maximum Gasteiger partial charge on any atom is 0.418 e. The van der Waals surface area contributed by atoms with E-state index in [9.17, 15) is 13.2 Å². The number of rotatable bonds is 3. The van der Waals surface area contributed by atoms with Gasteiger partial charge in [-0.15, -0.1) is 0 Å². The van der Waals surface area contributed by atoms with Gasteiger partial charge >= 0.3 is 6.18 Å². The summed E-state index contributed by atoms with van der Waals surface area (Å²) in [7, 11) is 2.61. The van der Waals surface area contributed by atoms with E-state index in [0.29, 0.717) is 5.75 Å². The number of methoxy groups -OCH3 is 2. The minimum atomic E-state index is -4.72. The average molecular weight is 236 g/mol. The van der Waals surface area contributed by atoms with Crippen LogP contribution in [0, 0.1) is 0 Å². The summed E-state index contributed by atoms with van der Waals surface area (Å²) < 4.78 is 46.5. The zero-order chi connectivity index (χ0) is 12.3. The molecule has 0 heterocycles. The molecule has 16 heavy (non-hydrogen) atoms. The molecule has 0 fully saturated rings. The molecule has 0 aromatic heterocycles. The summed E-state index contributed by atoms with van der Waals surface area (Å²) in [6, 6.07) is 3.73. The summed E-state index contributed by atoms with van der Waals surface area (Å²) in [6.45, 7) is 0. The first-order valence-electron chi connectivity index (χ1n) is 4.37. The van der Waals surface area contributed by atoms with E-state index in [1.807, 2.05) is 0 Å². The number of aliphatic hydroxyl groups is 1. The van der Waals surface area contributed by atoms with Crippen LogP contribution < -0.4 is 9.47 Å². The van der Waals surface area contributed by atoms with Crippen LogP contribution in [-0.2, 0) is 0 Å². The molecule has 1 rings (SSSR count). The van der Waals surface area contributed by atoms with E-state index >= 15 is 0 Å². The lowest BCUT2D eigenvalue weighted by atomic mass is 10.1. The number of halogens is 3. The predicted molar refractivity (Wildman–Crippen MR) is 50.6 cm³/mol. The Balaban J connectivity index is 3.14. The number of ether oxygens (including phenoxy) is 2. The van der Waals surface area contributed by atoms with Crippen LogP contribution in [-0.4, -0.2) is 25.5 Å². The lowest BCUT2D eigenvalue weighted by molar-refractivity contribution is -0.207. The van der Waals surface area contributed by atoms with Crippen molar-refractivity contribution in [3.63, 3.8) is 0 Å². The second-order valence-corrected chi connectivity index (χ2v) is 3.05. The van der Waals surface area contributed by atoms with Gasteiger partial charge in [-0.05, 0) is 12.1 Å². The Morgan fingerprint density at radius 1 is 1.19 bits per heavy atom. The van der Waals surface area contributed by atoms with E-state index in [2.05, 4.69) is 0 Å². The molecule has 0 aliphatic heterocycles. The summed E-state index contributed by atoms with van der Waals surface area (Å²) in [4.78, 5) is 0. The van der Waals surface area contributed by atoms with E-state index in [4.69, 9.17) is 14.6 Å². The lowest BCUT2D eigenvalue weighted by Gasteiger charge is -2.18. The highest BCUT2D eigenvalue weighted by molar-refractivity contribution is 5.42. The van der Waals surface area contributed by atoms with Gasteiger partial charge in [-0.1, -0.05) is 0 Å². The van der Waals surface area contributed by atoms with Gasteiger partial charge in [-0.2, -0.15) is 13.2 Å². The Hall–Kier alpha value is -1.43. The molecule has 1 unspecified atom stereocenters. The van der Waals surface area contributed by atoms with Crippen molar-refractivity contribution in [1.29, 1.82) is 0 Å². The number of alkyl halides is 3. The van der Waals surface area contributed by atoms with Crippen LogP contribution in [0.2, 0.25) is 0 Å². The SMILES string of the molecule is COc1ccc(C(O)C(F)(F)F)c(OC)c1. The van der Waals surface area contributed by atoms with Gasteiger partial charge in [-0.25, -0.2) is 0 Å². The summed E-state index contributed by atoms with van der Waals surface area (Å²) in [5.41, 5.74) is -0.337. The second kappa shape index (κ2) is 4.61. The van der Waals surface area contributed by atoms with E-state index in [-0.39, 0.29) is 11.3 Å². The molecule has 0 saturated carbocycles. The lowest BCUT2D eigenvalue weighted by Crippen LogP contribution is -2.20. The number of hydrogen-bond acceptors (Lipinski definition) is 3. The summed E-state index contributed by atoms with van der Waals surface area (Å²) in [5, 5.41) is 9.09. The first-order chi connectivity index (χ1) is 7.40. The Bertz CT molecular complexity index is 363. The third-order valence-corrected chi connectivity index (χ3v) is 2.05. The molecule has 0 bridgehead atoms. The fraction of sp³-hybridized carbons (Fsp3) is 0.400. The number of benzene rings is 1. The van der Waals surface area contributed by atoms with Gasteiger partial charge in [0, 0.05) is 11.6 Å². The quantitative estimate of drug-likeness (QED) is 0.875. The minimum Gasteiger partial charge on any atom is -0.497 e. The maximum atomic E-state index is 12.3. The van der Waals surface area contributed by atoms with Gasteiger partial charge in [0.05, 0.1) is 14.2 Å². The van der Waals surface area contributed by atoms with Gasteiger partial charge in [0.2, 0.25) is 0 Å². The van der Waals surface area contributed by atoms with Crippen LogP contribution in [0.3, 0.4) is 0 Å². The van der Waals surface area contributed by atoms with Gasteiger partial charge in [0.25, 0.3) is 0 Å². The topological polar surface area (TPSA) is 38.7 Å². The first-order valence-corrected chi connectivity index (χ1v) is 4.37. The van der Waals surface area contributed by atoms with E-state index in [0.717, 1.165) is 6.07 Å². The van der Waals surface area contributed by atoms with Crippen molar-refractivity contribution in [2.24, 2.45) is 0 Å². The molecular weight excluding hydrogens is 225 g/mol. The van der Waals surface area contributed by atoms with Crippen LogP contribution in [0.4, 0.5) is 13.2 Å². The van der Waals surface area contributed by atoms with Crippen LogP contribution in [0.15, 0.2) is 18.2 Å². The standard InChI is InChI=1S/C10H11F3O3/c1-15-6-3-4-7(8(5-6)16-2)9(14)10(11,12)13/h3-5,9,14H,1-2H3. The Kier molecular flexibility index (Phi) is 3.64. The summed E-state index contributed by atoms with van der Waals surface area (Å²) in [6.07, 6.45) is -7.28. The smallest absolute Gasteiger partial charge is 0.418 e. The van der Waals surface area contributed by atoms with Gasteiger partial charge in [0.1, 0.15) is 11.5 Å². The normalized spacial score (nSPS) is 13.4. The molecular formula is C10H11F3O3. The molecule has 0 spiro atoms. The van der Waals surface area contributed by atoms with Gasteiger partial charge in [-0.3, -0.25) is 0 Å². The fourth-order valence-corrected chi connectivity index (χ4v) is 1.22. The zero-order valence-corrected chi connectivity index (χ0v) is 8.71. The monoisotopic (exact) mass is 236 g/mol. The molecule has 0 aliphatic carbocycles. The molecule has 1 N–H and O–H groups in total. The zero-order valence-electron chi connectivity index (χ0n) is 8.71. The molecule has 0 aliphatic rings. The van der Waals surface area contributed by atoms with E-state index in [1.165, 1.54) is 26.4 Å². The summed E-state index contributed by atoms with van der Waals surface area (Å²) in [5.74, 6) is 0.291. The van der Waals surface area contributed by atoms with Gasteiger partial charge < -0.3 is 14.6 Å². The average Bonchev–Trinajstić information content (AvgIpc) is 2.26. The molecule has 1 aromatic rings. The molecule has 0 radical (unpaired) electrons. The van der Waals surface area contributed by atoms with Crippen molar-refractivity contribution >= 4 is 0 Å². The van der Waals surface area contributed by atoms with Crippen molar-refractivity contribution in [3.8, 4) is 11.5 Å². The Labute approximate surface area is 90.4 Å². The van der Waals surface area contributed by atoms with Crippen molar-refractivity contribution in [1.82, 2.24) is 0 Å². The van der Waals surface area contributed by atoms with Gasteiger partial charge in [0.15, 0.2) is 6.10 Å². The third kappa shape index (κ3) is 2.57. The highest BCUT2D eigenvalue weighted by Gasteiger charge is 2.40. The molecule has 90 valence electrons. The summed E-state index contributed by atoms with van der Waals surface area (Å²) >= 11 is 0. The van der Waals surface area contributed by atoms with Crippen molar-refractivity contribution < 1.29 is 27.8 Å². The van der Waals surface area contributed by atoms with Crippen molar-refractivity contribution in [2.45, 2.75) is 12.3 Å².